The fraction of sp³-hybridized carbons (Fsp3) is 0.250. The predicted molar refractivity (Wildman–Crippen MR) is 134 cm³/mol. The van der Waals surface area contributed by atoms with Gasteiger partial charge in [-0.3, -0.25) is 4.98 Å². The van der Waals surface area contributed by atoms with Crippen LogP contribution in [0.2, 0.25) is 10.0 Å². The number of aromatic nitrogens is 1. The number of unbranched alkanes of at least 4 members (excludes halogenated alkanes) is 1. The van der Waals surface area contributed by atoms with Crippen molar-refractivity contribution in [2.75, 3.05) is 18.2 Å². The molecule has 0 saturated heterocycles. The summed E-state index contributed by atoms with van der Waals surface area (Å²) in [7, 11) is 1.35. The van der Waals surface area contributed by atoms with Gasteiger partial charge in [-0.05, 0) is 54.8 Å². The van der Waals surface area contributed by atoms with Crippen molar-refractivity contribution in [1.82, 2.24) is 4.98 Å². The molecule has 0 unspecified atom stereocenters. The number of methoxy groups -OCH3 is 1. The van der Waals surface area contributed by atoms with Crippen molar-refractivity contribution in [1.29, 1.82) is 0 Å². The Morgan fingerprint density at radius 2 is 1.90 bits per heavy atom. The van der Waals surface area contributed by atoms with Gasteiger partial charge in [0.25, 0.3) is 0 Å². The van der Waals surface area contributed by atoms with E-state index in [4.69, 9.17) is 27.9 Å². The van der Waals surface area contributed by atoms with Crippen LogP contribution in [0.15, 0.2) is 48.7 Å². The minimum atomic E-state index is -0.472. The number of esters is 1. The van der Waals surface area contributed by atoms with E-state index in [1.165, 1.54) is 7.11 Å². The van der Waals surface area contributed by atoms with E-state index in [0.29, 0.717) is 27.0 Å². The summed E-state index contributed by atoms with van der Waals surface area (Å²) in [6.07, 6.45) is 6.96. The highest BCUT2D eigenvalue weighted by atomic mass is 35.5. The highest BCUT2D eigenvalue weighted by molar-refractivity contribution is 7.80. The third-order valence-corrected chi connectivity index (χ3v) is 5.61. The number of rotatable bonds is 8. The summed E-state index contributed by atoms with van der Waals surface area (Å²) in [5, 5.41) is 5.36. The molecule has 7 heteroatoms. The summed E-state index contributed by atoms with van der Waals surface area (Å²) in [5.41, 5.74) is 4.64. The first-order chi connectivity index (χ1) is 15.0. The molecule has 31 heavy (non-hydrogen) atoms. The Balaban J connectivity index is 2.23. The minimum absolute atomic E-state index is 0.348. The molecule has 3 rings (SSSR count). The van der Waals surface area contributed by atoms with Gasteiger partial charge < -0.3 is 10.1 Å². The number of anilines is 2. The molecule has 0 radical (unpaired) electrons. The quantitative estimate of drug-likeness (QED) is 0.261. The number of pyridine rings is 1. The summed E-state index contributed by atoms with van der Waals surface area (Å²) in [4.78, 5) is 17.0. The van der Waals surface area contributed by atoms with Crippen molar-refractivity contribution >= 4 is 69.7 Å². The lowest BCUT2D eigenvalue weighted by Crippen LogP contribution is -2.07. The molecule has 0 aliphatic carbocycles. The van der Waals surface area contributed by atoms with E-state index < -0.39 is 5.97 Å². The predicted octanol–water partition coefficient (Wildman–Crippen LogP) is 7.58. The van der Waals surface area contributed by atoms with Crippen molar-refractivity contribution in [2.45, 2.75) is 26.2 Å². The molecule has 0 aliphatic rings. The van der Waals surface area contributed by atoms with Crippen LogP contribution in [0, 0.1) is 0 Å². The molecule has 0 atom stereocenters. The van der Waals surface area contributed by atoms with Crippen LogP contribution in [0.3, 0.4) is 0 Å². The molecular formula is C24H24Cl2N2O2S. The lowest BCUT2D eigenvalue weighted by Gasteiger charge is -2.19. The highest BCUT2D eigenvalue weighted by Crippen LogP contribution is 2.37. The van der Waals surface area contributed by atoms with Gasteiger partial charge in [-0.15, -0.1) is 0 Å². The van der Waals surface area contributed by atoms with Gasteiger partial charge in [0.15, 0.2) is 0 Å². The van der Waals surface area contributed by atoms with Crippen LogP contribution in [0.1, 0.15) is 42.1 Å². The summed E-state index contributed by atoms with van der Waals surface area (Å²) in [6, 6.07) is 10.7. The molecule has 0 aliphatic heterocycles. The molecule has 0 fully saturated rings. The largest absolute Gasteiger partial charge is 0.465 e. The van der Waals surface area contributed by atoms with Gasteiger partial charge in [-0.1, -0.05) is 42.6 Å². The van der Waals surface area contributed by atoms with Gasteiger partial charge in [0.2, 0.25) is 0 Å². The lowest BCUT2D eigenvalue weighted by atomic mass is 9.97. The summed E-state index contributed by atoms with van der Waals surface area (Å²) < 4.78 is 4.95. The molecule has 0 saturated carbocycles. The first-order valence-electron chi connectivity index (χ1n) is 10.0. The number of benzene rings is 2. The van der Waals surface area contributed by atoms with E-state index in [0.717, 1.165) is 47.0 Å². The van der Waals surface area contributed by atoms with Crippen LogP contribution in [0.25, 0.3) is 16.5 Å². The van der Waals surface area contributed by atoms with E-state index in [9.17, 15) is 4.79 Å². The molecule has 0 spiro atoms. The number of carbonyl (C=O) groups is 1. The second-order valence-corrected chi connectivity index (χ2v) is 8.27. The molecule has 1 heterocycles. The Labute approximate surface area is 198 Å². The van der Waals surface area contributed by atoms with Gasteiger partial charge in [-0.2, -0.15) is 12.6 Å². The zero-order valence-electron chi connectivity index (χ0n) is 17.4. The number of fused-ring (bicyclic) bond motifs is 1. The molecular weight excluding hydrogens is 451 g/mol. The van der Waals surface area contributed by atoms with Crippen LogP contribution in [0.5, 0.6) is 0 Å². The number of nitrogens with one attached hydrogen (secondary N) is 1. The maximum absolute atomic E-state index is 12.4. The van der Waals surface area contributed by atoms with Crippen molar-refractivity contribution in [3.8, 4) is 0 Å². The monoisotopic (exact) mass is 474 g/mol. The fourth-order valence-corrected chi connectivity index (χ4v) is 3.97. The normalized spacial score (nSPS) is 11.6. The van der Waals surface area contributed by atoms with Crippen molar-refractivity contribution in [2.24, 2.45) is 0 Å². The molecule has 2 aromatic carbocycles. The maximum Gasteiger partial charge on any atom is 0.340 e. The van der Waals surface area contributed by atoms with Crippen LogP contribution in [0.4, 0.5) is 11.4 Å². The Morgan fingerprint density at radius 3 is 2.61 bits per heavy atom. The number of nitrogens with zero attached hydrogens (tertiary/aromatic N) is 1. The van der Waals surface area contributed by atoms with Crippen LogP contribution >= 0.6 is 35.8 Å². The number of ether oxygens (including phenoxy) is 1. The van der Waals surface area contributed by atoms with E-state index in [2.05, 4.69) is 35.9 Å². The van der Waals surface area contributed by atoms with Crippen LogP contribution in [-0.2, 0) is 4.74 Å². The molecule has 0 bridgehead atoms. The number of allylic oxidation sites excluding steroid dienone is 1. The van der Waals surface area contributed by atoms with E-state index in [1.54, 1.807) is 18.2 Å². The fourth-order valence-electron chi connectivity index (χ4n) is 3.41. The van der Waals surface area contributed by atoms with E-state index in [-0.39, 0.29) is 0 Å². The summed E-state index contributed by atoms with van der Waals surface area (Å²) in [5.74, 6) is 0.139. The standard InChI is InChI=1S/C24H24Cl2N2O2S/c1-3-4-5-15(10-11-31)20-14-27-21-8-6-16(25)12-18(21)23(20)28-22-9-7-17(26)13-19(22)24(29)30-2/h6-10,12-14,31H,3-5,11H2,1-2H3,(H,27,28)/b15-10+. The number of halogens is 2. The molecule has 0 amide bonds. The molecule has 3 aromatic rings. The second kappa shape index (κ2) is 10.9. The molecule has 162 valence electrons. The topological polar surface area (TPSA) is 51.2 Å². The number of hydrogen-bond donors (Lipinski definition) is 2. The Morgan fingerprint density at radius 1 is 1.16 bits per heavy atom. The zero-order chi connectivity index (χ0) is 22.4. The van der Waals surface area contributed by atoms with Gasteiger partial charge in [0.05, 0.1) is 29.6 Å². The highest BCUT2D eigenvalue weighted by Gasteiger charge is 2.18. The average Bonchev–Trinajstić information content (AvgIpc) is 2.77. The van der Waals surface area contributed by atoms with E-state index >= 15 is 0 Å². The number of carbonyl (C=O) groups excluding carboxylic acids is 1. The first kappa shape index (κ1) is 23.5. The average molecular weight is 475 g/mol. The summed E-state index contributed by atoms with van der Waals surface area (Å²) in [6.45, 7) is 2.16. The Kier molecular flexibility index (Phi) is 8.24. The van der Waals surface area contributed by atoms with Crippen molar-refractivity contribution < 1.29 is 9.53 Å². The Hall–Kier alpha value is -2.21. The van der Waals surface area contributed by atoms with Gasteiger partial charge in [0.1, 0.15) is 0 Å². The minimum Gasteiger partial charge on any atom is -0.465 e. The molecule has 1 aromatic heterocycles. The van der Waals surface area contributed by atoms with Gasteiger partial charge in [-0.25, -0.2) is 4.79 Å². The second-order valence-electron chi connectivity index (χ2n) is 7.03. The third-order valence-electron chi connectivity index (χ3n) is 4.96. The zero-order valence-corrected chi connectivity index (χ0v) is 19.8. The SMILES string of the molecule is CCCC/C(=C\CS)c1cnc2ccc(Cl)cc2c1Nc1ccc(Cl)cc1C(=O)OC. The number of hydrogen-bond acceptors (Lipinski definition) is 5. The maximum atomic E-state index is 12.4. The Bertz CT molecular complexity index is 1130. The van der Waals surface area contributed by atoms with E-state index in [1.807, 2.05) is 24.4 Å². The lowest BCUT2D eigenvalue weighted by molar-refractivity contribution is 0.0602. The van der Waals surface area contributed by atoms with Crippen LogP contribution in [-0.4, -0.2) is 23.8 Å². The number of thiol groups is 1. The van der Waals surface area contributed by atoms with Crippen molar-refractivity contribution in [3.63, 3.8) is 0 Å². The third kappa shape index (κ3) is 5.53. The molecule has 4 nitrogen and oxygen atoms in total. The smallest absolute Gasteiger partial charge is 0.340 e. The molecule has 1 N–H and O–H groups in total. The summed E-state index contributed by atoms with van der Waals surface area (Å²) >= 11 is 16.9. The van der Waals surface area contributed by atoms with Crippen molar-refractivity contribution in [3.05, 3.63) is 69.8 Å². The first-order valence-corrected chi connectivity index (χ1v) is 11.4. The van der Waals surface area contributed by atoms with Gasteiger partial charge >= 0.3 is 5.97 Å². The van der Waals surface area contributed by atoms with Gasteiger partial charge in [0, 0.05) is 32.9 Å². The van der Waals surface area contributed by atoms with Crippen LogP contribution < -0.4 is 5.32 Å².